The Morgan fingerprint density at radius 2 is 1.73 bits per heavy atom. The minimum atomic E-state index is -4.86. The molecule has 3 rings (SSSR count). The van der Waals surface area contributed by atoms with Gasteiger partial charge in [0.05, 0.1) is 31.5 Å². The number of ether oxygens (including phenoxy) is 3. The van der Waals surface area contributed by atoms with Crippen molar-refractivity contribution in [1.29, 1.82) is 0 Å². The van der Waals surface area contributed by atoms with Crippen molar-refractivity contribution in [2.24, 2.45) is 0 Å². The molecule has 3 aromatic rings. The summed E-state index contributed by atoms with van der Waals surface area (Å²) in [6, 6.07) is 12.9. The number of alkyl halides is 3. The predicted octanol–water partition coefficient (Wildman–Crippen LogP) is 4.04. The second-order valence-corrected chi connectivity index (χ2v) is 8.04. The molecule has 0 atom stereocenters. The fourth-order valence-electron chi connectivity index (χ4n) is 3.09. The minimum Gasteiger partial charge on any atom is -0.492 e. The zero-order valence-corrected chi connectivity index (χ0v) is 20.3. The van der Waals surface area contributed by atoms with Crippen LogP contribution in [-0.4, -0.2) is 59.7 Å². The maximum atomic E-state index is 12.5. The third-order valence-electron chi connectivity index (χ3n) is 5.02. The van der Waals surface area contributed by atoms with Crippen molar-refractivity contribution >= 4 is 17.5 Å². The van der Waals surface area contributed by atoms with Gasteiger partial charge in [-0.3, -0.25) is 14.3 Å². The summed E-state index contributed by atoms with van der Waals surface area (Å²) in [6.45, 7) is 2.50. The standard InChI is InChI=1S/C25H27F3N4O5/c1-18-7-9-20(10-8-18)35-14-12-31(2)24(34)17-32-16-19(15-29-32)30-23(33)11-13-36-21-5-3-4-6-22(21)37-25(26,27)28/h3-10,15-16H,11-14,17H2,1-2H3,(H,30,33). The molecule has 1 heterocycles. The quantitative estimate of drug-likeness (QED) is 0.388. The molecule has 0 fully saturated rings. The Hall–Kier alpha value is -4.22. The lowest BCUT2D eigenvalue weighted by atomic mass is 10.2. The fourth-order valence-corrected chi connectivity index (χ4v) is 3.09. The van der Waals surface area contributed by atoms with Crippen LogP contribution in [0.15, 0.2) is 60.9 Å². The number of benzene rings is 2. The van der Waals surface area contributed by atoms with Crippen LogP contribution in [0.2, 0.25) is 0 Å². The second kappa shape index (κ2) is 12.7. The van der Waals surface area contributed by atoms with E-state index in [1.165, 1.54) is 40.2 Å². The van der Waals surface area contributed by atoms with Crippen molar-refractivity contribution in [3.8, 4) is 17.2 Å². The maximum Gasteiger partial charge on any atom is 0.573 e. The normalized spacial score (nSPS) is 11.1. The molecule has 37 heavy (non-hydrogen) atoms. The highest BCUT2D eigenvalue weighted by Crippen LogP contribution is 2.31. The number of aryl methyl sites for hydroxylation is 1. The molecule has 2 amide bonds. The van der Waals surface area contributed by atoms with Gasteiger partial charge in [0.25, 0.3) is 0 Å². The molecule has 9 nitrogen and oxygen atoms in total. The molecule has 2 aromatic carbocycles. The van der Waals surface area contributed by atoms with Gasteiger partial charge in [0.1, 0.15) is 18.9 Å². The summed E-state index contributed by atoms with van der Waals surface area (Å²) in [5, 5.41) is 6.67. The van der Waals surface area contributed by atoms with Gasteiger partial charge in [-0.15, -0.1) is 13.2 Å². The summed E-state index contributed by atoms with van der Waals surface area (Å²) in [6.07, 6.45) is -2.10. The largest absolute Gasteiger partial charge is 0.573 e. The molecular formula is C25H27F3N4O5. The van der Waals surface area contributed by atoms with Crippen LogP contribution >= 0.6 is 0 Å². The Balaban J connectivity index is 1.39. The Morgan fingerprint density at radius 1 is 1.03 bits per heavy atom. The van der Waals surface area contributed by atoms with E-state index < -0.39 is 18.0 Å². The van der Waals surface area contributed by atoms with E-state index in [0.29, 0.717) is 18.8 Å². The van der Waals surface area contributed by atoms with E-state index in [4.69, 9.17) is 9.47 Å². The van der Waals surface area contributed by atoms with E-state index in [1.54, 1.807) is 7.05 Å². The molecule has 0 bridgehead atoms. The Morgan fingerprint density at radius 3 is 2.43 bits per heavy atom. The van der Waals surface area contributed by atoms with Crippen LogP contribution in [0, 0.1) is 6.92 Å². The summed E-state index contributed by atoms with van der Waals surface area (Å²) in [7, 11) is 1.66. The number of halogens is 3. The van der Waals surface area contributed by atoms with E-state index in [0.717, 1.165) is 17.4 Å². The molecule has 198 valence electrons. The van der Waals surface area contributed by atoms with Crippen LogP contribution in [0.1, 0.15) is 12.0 Å². The first-order valence-corrected chi connectivity index (χ1v) is 11.3. The van der Waals surface area contributed by atoms with Gasteiger partial charge in [-0.1, -0.05) is 29.8 Å². The molecule has 1 N–H and O–H groups in total. The molecule has 0 radical (unpaired) electrons. The van der Waals surface area contributed by atoms with Gasteiger partial charge in [-0.05, 0) is 31.2 Å². The molecule has 12 heteroatoms. The first-order valence-electron chi connectivity index (χ1n) is 11.3. The maximum absolute atomic E-state index is 12.5. The Kier molecular flexibility index (Phi) is 9.36. The van der Waals surface area contributed by atoms with Crippen molar-refractivity contribution in [3.05, 3.63) is 66.5 Å². The summed E-state index contributed by atoms with van der Waals surface area (Å²) in [4.78, 5) is 26.1. The van der Waals surface area contributed by atoms with Crippen LogP contribution in [-0.2, 0) is 16.1 Å². The van der Waals surface area contributed by atoms with E-state index in [9.17, 15) is 22.8 Å². The highest BCUT2D eigenvalue weighted by Gasteiger charge is 2.32. The number of para-hydroxylation sites is 2. The number of hydrogen-bond donors (Lipinski definition) is 1. The number of rotatable bonds is 12. The lowest BCUT2D eigenvalue weighted by Gasteiger charge is -2.17. The van der Waals surface area contributed by atoms with E-state index >= 15 is 0 Å². The van der Waals surface area contributed by atoms with Crippen molar-refractivity contribution in [2.75, 3.05) is 32.1 Å². The molecule has 0 aliphatic carbocycles. The molecule has 1 aromatic heterocycles. The Labute approximate surface area is 211 Å². The molecule has 0 spiro atoms. The van der Waals surface area contributed by atoms with Gasteiger partial charge >= 0.3 is 6.36 Å². The SMILES string of the molecule is Cc1ccc(OCCN(C)C(=O)Cn2cc(NC(=O)CCOc3ccccc3OC(F)(F)F)cn2)cc1. The molecule has 0 unspecified atom stereocenters. The lowest BCUT2D eigenvalue weighted by molar-refractivity contribution is -0.275. The minimum absolute atomic E-state index is 0.0317. The molecule has 0 aliphatic rings. The van der Waals surface area contributed by atoms with Crippen LogP contribution < -0.4 is 19.5 Å². The third kappa shape index (κ3) is 9.39. The zero-order chi connectivity index (χ0) is 26.8. The van der Waals surface area contributed by atoms with Crippen molar-refractivity contribution in [3.63, 3.8) is 0 Å². The number of hydrogen-bond acceptors (Lipinski definition) is 6. The number of nitrogens with one attached hydrogen (secondary N) is 1. The Bertz CT molecular complexity index is 1180. The van der Waals surface area contributed by atoms with Gasteiger partial charge in [0.2, 0.25) is 11.8 Å². The second-order valence-electron chi connectivity index (χ2n) is 8.04. The van der Waals surface area contributed by atoms with Gasteiger partial charge < -0.3 is 24.4 Å². The van der Waals surface area contributed by atoms with Crippen molar-refractivity contribution < 1.29 is 37.0 Å². The topological polar surface area (TPSA) is 94.9 Å². The van der Waals surface area contributed by atoms with E-state index in [-0.39, 0.29) is 31.2 Å². The smallest absolute Gasteiger partial charge is 0.492 e. The highest BCUT2D eigenvalue weighted by molar-refractivity contribution is 5.90. The first-order chi connectivity index (χ1) is 17.6. The number of anilines is 1. The number of amides is 2. The average molecular weight is 521 g/mol. The summed E-state index contributed by atoms with van der Waals surface area (Å²) < 4.78 is 53.7. The molecular weight excluding hydrogens is 493 g/mol. The lowest BCUT2D eigenvalue weighted by Crippen LogP contribution is -2.33. The average Bonchev–Trinajstić information content (AvgIpc) is 3.26. The first kappa shape index (κ1) is 27.4. The summed E-state index contributed by atoms with van der Waals surface area (Å²) >= 11 is 0. The van der Waals surface area contributed by atoms with Crippen LogP contribution in [0.25, 0.3) is 0 Å². The van der Waals surface area contributed by atoms with Crippen molar-refractivity contribution in [2.45, 2.75) is 26.3 Å². The van der Waals surface area contributed by atoms with E-state index in [2.05, 4.69) is 15.2 Å². The predicted molar refractivity (Wildman–Crippen MR) is 128 cm³/mol. The number of carbonyl (C=O) groups is 2. The van der Waals surface area contributed by atoms with Crippen LogP contribution in [0.5, 0.6) is 17.2 Å². The molecule has 0 saturated heterocycles. The monoisotopic (exact) mass is 520 g/mol. The van der Waals surface area contributed by atoms with Gasteiger partial charge in [-0.2, -0.15) is 5.10 Å². The van der Waals surface area contributed by atoms with Crippen LogP contribution in [0.4, 0.5) is 18.9 Å². The number of nitrogens with zero attached hydrogens (tertiary/aromatic N) is 3. The van der Waals surface area contributed by atoms with Gasteiger partial charge in [0.15, 0.2) is 11.5 Å². The fraction of sp³-hybridized carbons (Fsp3) is 0.320. The molecule has 0 saturated carbocycles. The van der Waals surface area contributed by atoms with Crippen molar-refractivity contribution in [1.82, 2.24) is 14.7 Å². The van der Waals surface area contributed by atoms with E-state index in [1.807, 2.05) is 31.2 Å². The van der Waals surface area contributed by atoms with Crippen LogP contribution in [0.3, 0.4) is 0 Å². The number of carbonyl (C=O) groups excluding carboxylic acids is 2. The summed E-state index contributed by atoms with van der Waals surface area (Å²) in [5.41, 5.74) is 1.49. The summed E-state index contributed by atoms with van der Waals surface area (Å²) in [5.74, 6) is -0.532. The highest BCUT2D eigenvalue weighted by atomic mass is 19.4. The molecule has 0 aliphatic heterocycles. The zero-order valence-electron chi connectivity index (χ0n) is 20.3. The number of aromatic nitrogens is 2. The van der Waals surface area contributed by atoms with Gasteiger partial charge in [0, 0.05) is 13.2 Å². The van der Waals surface area contributed by atoms with Gasteiger partial charge in [-0.25, -0.2) is 0 Å². The number of likely N-dealkylation sites (N-methyl/N-ethyl adjacent to an activating group) is 1. The third-order valence-corrected chi connectivity index (χ3v) is 5.02.